The first-order valence-electron chi connectivity index (χ1n) is 8.32. The minimum Gasteiger partial charge on any atom is -0.508 e. The second-order valence-electron chi connectivity index (χ2n) is 7.10. The van der Waals surface area contributed by atoms with Gasteiger partial charge in [0, 0.05) is 25.4 Å². The quantitative estimate of drug-likeness (QED) is 0.676. The molecule has 0 aliphatic carbocycles. The van der Waals surface area contributed by atoms with Gasteiger partial charge in [-0.1, -0.05) is 13.8 Å². The fourth-order valence-corrected chi connectivity index (χ4v) is 2.97. The number of nitrogens with one attached hydrogen (secondary N) is 2. The molecule has 5 heteroatoms. The Morgan fingerprint density at radius 3 is 2.57 bits per heavy atom. The molecular formula is C18H28N2O3. The van der Waals surface area contributed by atoms with E-state index in [9.17, 15) is 9.90 Å². The molecule has 0 spiro atoms. The molecule has 0 aromatic heterocycles. The number of benzene rings is 1. The van der Waals surface area contributed by atoms with E-state index in [-0.39, 0.29) is 23.6 Å². The molecule has 2 rings (SSSR count). The second kappa shape index (κ2) is 8.20. The highest BCUT2D eigenvalue weighted by Gasteiger charge is 2.25. The molecule has 23 heavy (non-hydrogen) atoms. The first-order chi connectivity index (χ1) is 10.9. The molecule has 1 aromatic carbocycles. The van der Waals surface area contributed by atoms with Gasteiger partial charge in [-0.3, -0.25) is 4.79 Å². The maximum absolute atomic E-state index is 12.0. The average Bonchev–Trinajstić information content (AvgIpc) is 2.53. The highest BCUT2D eigenvalue weighted by atomic mass is 16.5. The lowest BCUT2D eigenvalue weighted by Gasteiger charge is -2.32. The van der Waals surface area contributed by atoms with Crippen molar-refractivity contribution in [2.24, 2.45) is 11.3 Å². The van der Waals surface area contributed by atoms with Gasteiger partial charge in [0.05, 0.1) is 6.54 Å². The highest BCUT2D eigenvalue weighted by molar-refractivity contribution is 5.80. The van der Waals surface area contributed by atoms with Gasteiger partial charge in [0.25, 0.3) is 0 Å². The summed E-state index contributed by atoms with van der Waals surface area (Å²) in [6, 6.07) is 6.68. The summed E-state index contributed by atoms with van der Waals surface area (Å²) in [5.41, 5.74) is 0.912. The summed E-state index contributed by atoms with van der Waals surface area (Å²) in [5.74, 6) is 0.902. The summed E-state index contributed by atoms with van der Waals surface area (Å²) in [5, 5.41) is 15.3. The maximum atomic E-state index is 12.0. The summed E-state index contributed by atoms with van der Waals surface area (Å²) >= 11 is 0. The topological polar surface area (TPSA) is 70.6 Å². The minimum atomic E-state index is -0.0156. The minimum absolute atomic E-state index is 0.0156. The summed E-state index contributed by atoms with van der Waals surface area (Å²) in [7, 11) is 0. The lowest BCUT2D eigenvalue weighted by atomic mass is 9.79. The Kier molecular flexibility index (Phi) is 6.28. The summed E-state index contributed by atoms with van der Waals surface area (Å²) < 4.78 is 5.40. The van der Waals surface area contributed by atoms with Gasteiger partial charge in [0.15, 0.2) is 0 Å². The summed E-state index contributed by atoms with van der Waals surface area (Å²) in [4.78, 5) is 12.0. The van der Waals surface area contributed by atoms with Gasteiger partial charge in [-0.05, 0) is 54.9 Å². The lowest BCUT2D eigenvalue weighted by molar-refractivity contribution is -0.119. The van der Waals surface area contributed by atoms with Crippen LogP contribution in [0.15, 0.2) is 24.3 Å². The zero-order valence-electron chi connectivity index (χ0n) is 14.1. The number of rotatable bonds is 7. The van der Waals surface area contributed by atoms with Crippen LogP contribution >= 0.6 is 0 Å². The number of phenolic OH excluding ortho intramolecular Hbond substituents is 1. The molecule has 1 aliphatic rings. The van der Waals surface area contributed by atoms with Crippen LogP contribution in [0.1, 0.15) is 33.1 Å². The van der Waals surface area contributed by atoms with Crippen molar-refractivity contribution in [2.45, 2.75) is 33.1 Å². The monoisotopic (exact) mass is 320 g/mol. The van der Waals surface area contributed by atoms with Crippen molar-refractivity contribution in [2.75, 3.05) is 31.6 Å². The van der Waals surface area contributed by atoms with Crippen molar-refractivity contribution in [1.29, 1.82) is 0 Å². The predicted octanol–water partition coefficient (Wildman–Crippen LogP) is 2.76. The molecule has 128 valence electrons. The molecule has 0 atom stereocenters. The molecule has 1 amide bonds. The summed E-state index contributed by atoms with van der Waals surface area (Å²) in [6.45, 7) is 7.05. The van der Waals surface area contributed by atoms with Crippen LogP contribution in [0.5, 0.6) is 5.75 Å². The van der Waals surface area contributed by atoms with E-state index in [0.29, 0.717) is 12.5 Å². The Labute approximate surface area is 138 Å². The van der Waals surface area contributed by atoms with E-state index >= 15 is 0 Å². The third-order valence-corrected chi connectivity index (χ3v) is 4.27. The van der Waals surface area contributed by atoms with Gasteiger partial charge in [-0.2, -0.15) is 0 Å². The standard InChI is InChI=1S/C18H28N2O3/c1-18(2,11-14-7-9-23-10-8-14)13-20-17(22)12-19-15-3-5-16(21)6-4-15/h3-6,14,19,21H,7-13H2,1-2H3,(H,20,22). The molecule has 1 aromatic rings. The number of carbonyl (C=O) groups excluding carboxylic acids is 1. The number of hydrogen-bond acceptors (Lipinski definition) is 4. The molecule has 1 aliphatic heterocycles. The van der Waals surface area contributed by atoms with E-state index in [1.54, 1.807) is 24.3 Å². The van der Waals surface area contributed by atoms with Crippen LogP contribution in [0.3, 0.4) is 0 Å². The van der Waals surface area contributed by atoms with Crippen LogP contribution in [0.25, 0.3) is 0 Å². The van der Waals surface area contributed by atoms with E-state index in [4.69, 9.17) is 4.74 Å². The fourth-order valence-electron chi connectivity index (χ4n) is 2.97. The van der Waals surface area contributed by atoms with Crippen LogP contribution < -0.4 is 10.6 Å². The third kappa shape index (κ3) is 6.48. The van der Waals surface area contributed by atoms with Crippen molar-refractivity contribution in [1.82, 2.24) is 5.32 Å². The number of amides is 1. The largest absolute Gasteiger partial charge is 0.508 e. The zero-order valence-corrected chi connectivity index (χ0v) is 14.1. The van der Waals surface area contributed by atoms with Crippen molar-refractivity contribution >= 4 is 11.6 Å². The van der Waals surface area contributed by atoms with Crippen LogP contribution in [0, 0.1) is 11.3 Å². The number of hydrogen-bond donors (Lipinski definition) is 3. The Morgan fingerprint density at radius 2 is 1.91 bits per heavy atom. The van der Waals surface area contributed by atoms with E-state index in [2.05, 4.69) is 24.5 Å². The highest BCUT2D eigenvalue weighted by Crippen LogP contribution is 2.30. The van der Waals surface area contributed by atoms with Crippen molar-refractivity contribution in [3.8, 4) is 5.75 Å². The lowest BCUT2D eigenvalue weighted by Crippen LogP contribution is -2.38. The molecule has 0 bridgehead atoms. The fraction of sp³-hybridized carbons (Fsp3) is 0.611. The zero-order chi connectivity index (χ0) is 16.7. The SMILES string of the molecule is CC(C)(CNC(=O)CNc1ccc(O)cc1)CC1CCOCC1. The smallest absolute Gasteiger partial charge is 0.239 e. The second-order valence-corrected chi connectivity index (χ2v) is 7.10. The van der Waals surface area contributed by atoms with Crippen molar-refractivity contribution in [3.63, 3.8) is 0 Å². The van der Waals surface area contributed by atoms with E-state index in [1.165, 1.54) is 0 Å². The van der Waals surface area contributed by atoms with Gasteiger partial charge in [0.2, 0.25) is 5.91 Å². The maximum Gasteiger partial charge on any atom is 0.239 e. The van der Waals surface area contributed by atoms with E-state index in [0.717, 1.165) is 38.2 Å². The van der Waals surface area contributed by atoms with E-state index in [1.807, 2.05) is 0 Å². The van der Waals surface area contributed by atoms with Gasteiger partial charge in [-0.25, -0.2) is 0 Å². The molecular weight excluding hydrogens is 292 g/mol. The summed E-state index contributed by atoms with van der Waals surface area (Å²) in [6.07, 6.45) is 3.36. The van der Waals surface area contributed by atoms with Crippen molar-refractivity contribution < 1.29 is 14.6 Å². The van der Waals surface area contributed by atoms with Gasteiger partial charge >= 0.3 is 0 Å². The number of aromatic hydroxyl groups is 1. The molecule has 0 radical (unpaired) electrons. The predicted molar refractivity (Wildman–Crippen MR) is 91.5 cm³/mol. The third-order valence-electron chi connectivity index (χ3n) is 4.27. The number of anilines is 1. The van der Waals surface area contributed by atoms with Crippen LogP contribution in [0.2, 0.25) is 0 Å². The van der Waals surface area contributed by atoms with Gasteiger partial charge in [-0.15, -0.1) is 0 Å². The molecule has 1 fully saturated rings. The van der Waals surface area contributed by atoms with Crippen LogP contribution in [0.4, 0.5) is 5.69 Å². The normalized spacial score (nSPS) is 16.1. The van der Waals surface area contributed by atoms with Crippen LogP contribution in [-0.2, 0) is 9.53 Å². The molecule has 0 unspecified atom stereocenters. The molecule has 1 saturated heterocycles. The van der Waals surface area contributed by atoms with Crippen molar-refractivity contribution in [3.05, 3.63) is 24.3 Å². The van der Waals surface area contributed by atoms with Crippen LogP contribution in [-0.4, -0.2) is 37.3 Å². The van der Waals surface area contributed by atoms with E-state index < -0.39 is 0 Å². The first-order valence-corrected chi connectivity index (χ1v) is 8.32. The number of ether oxygens (including phenoxy) is 1. The Bertz CT molecular complexity index is 493. The Hall–Kier alpha value is -1.75. The molecule has 5 nitrogen and oxygen atoms in total. The molecule has 1 heterocycles. The Morgan fingerprint density at radius 1 is 1.26 bits per heavy atom. The van der Waals surface area contributed by atoms with Gasteiger partial charge < -0.3 is 20.5 Å². The number of carbonyl (C=O) groups is 1. The Balaban J connectivity index is 1.68. The van der Waals surface area contributed by atoms with Gasteiger partial charge in [0.1, 0.15) is 5.75 Å². The number of phenols is 1. The molecule has 0 saturated carbocycles. The average molecular weight is 320 g/mol. The molecule has 3 N–H and O–H groups in total. The first kappa shape index (κ1) is 17.6.